The maximum absolute atomic E-state index is 12.9. The first-order valence-electron chi connectivity index (χ1n) is 9.32. The fourth-order valence-electron chi connectivity index (χ4n) is 4.25. The Morgan fingerprint density at radius 2 is 2.12 bits per heavy atom. The van der Waals surface area contributed by atoms with Crippen LogP contribution in [0.15, 0.2) is 24.3 Å². The van der Waals surface area contributed by atoms with Crippen molar-refractivity contribution in [3.05, 3.63) is 29.8 Å². The highest BCUT2D eigenvalue weighted by molar-refractivity contribution is 5.95. The summed E-state index contributed by atoms with van der Waals surface area (Å²) in [5.74, 6) is 1.45. The molecule has 3 fully saturated rings. The van der Waals surface area contributed by atoms with Gasteiger partial charge in [-0.1, -0.05) is 12.5 Å². The van der Waals surface area contributed by atoms with E-state index in [0.717, 1.165) is 25.8 Å². The summed E-state index contributed by atoms with van der Waals surface area (Å²) in [6.07, 6.45) is 5.73. The van der Waals surface area contributed by atoms with Crippen molar-refractivity contribution in [2.45, 2.75) is 32.1 Å². The molecule has 0 aromatic heterocycles. The number of nitrogens with zero attached hydrogens (tertiary/aromatic N) is 1. The maximum Gasteiger partial charge on any atom is 0.254 e. The van der Waals surface area contributed by atoms with E-state index in [9.17, 15) is 9.59 Å². The van der Waals surface area contributed by atoms with Crippen LogP contribution in [0.5, 0.6) is 5.75 Å². The number of amides is 2. The summed E-state index contributed by atoms with van der Waals surface area (Å²) in [6, 6.07) is 7.26. The first kappa shape index (κ1) is 16.4. The van der Waals surface area contributed by atoms with E-state index >= 15 is 0 Å². The Balaban J connectivity index is 1.47. The van der Waals surface area contributed by atoms with Crippen LogP contribution in [0, 0.1) is 17.3 Å². The van der Waals surface area contributed by atoms with E-state index in [1.807, 2.05) is 23.1 Å². The number of rotatable bonds is 5. The van der Waals surface area contributed by atoms with Gasteiger partial charge < -0.3 is 15.0 Å². The predicted molar refractivity (Wildman–Crippen MR) is 94.4 cm³/mol. The topological polar surface area (TPSA) is 58.6 Å². The molecule has 1 unspecified atom stereocenters. The third kappa shape index (κ3) is 3.12. The minimum Gasteiger partial charge on any atom is -0.497 e. The van der Waals surface area contributed by atoms with Gasteiger partial charge in [0, 0.05) is 30.6 Å². The summed E-state index contributed by atoms with van der Waals surface area (Å²) in [7, 11) is 1.60. The molecule has 0 radical (unpaired) electrons. The molecule has 2 amide bonds. The Hall–Kier alpha value is -2.04. The number of hydrogen-bond acceptors (Lipinski definition) is 3. The minimum atomic E-state index is -0.0606. The molecule has 1 heterocycles. The van der Waals surface area contributed by atoms with Gasteiger partial charge in [-0.05, 0) is 49.8 Å². The van der Waals surface area contributed by atoms with E-state index in [1.54, 1.807) is 13.2 Å². The van der Waals surface area contributed by atoms with E-state index in [0.29, 0.717) is 30.3 Å². The van der Waals surface area contributed by atoms with Crippen molar-refractivity contribution in [1.82, 2.24) is 10.2 Å². The molecule has 25 heavy (non-hydrogen) atoms. The smallest absolute Gasteiger partial charge is 0.254 e. The van der Waals surface area contributed by atoms with Crippen molar-refractivity contribution in [3.8, 4) is 5.75 Å². The summed E-state index contributed by atoms with van der Waals surface area (Å²) in [4.78, 5) is 27.5. The second-order valence-electron chi connectivity index (χ2n) is 7.87. The molecule has 1 spiro atoms. The van der Waals surface area contributed by atoms with E-state index in [-0.39, 0.29) is 23.1 Å². The number of hydrogen-bond donors (Lipinski definition) is 1. The van der Waals surface area contributed by atoms with Crippen LogP contribution < -0.4 is 10.1 Å². The van der Waals surface area contributed by atoms with Gasteiger partial charge in [-0.25, -0.2) is 0 Å². The lowest BCUT2D eigenvalue weighted by molar-refractivity contribution is -0.129. The summed E-state index contributed by atoms with van der Waals surface area (Å²) >= 11 is 0. The molecule has 2 aliphatic carbocycles. The zero-order valence-corrected chi connectivity index (χ0v) is 14.8. The summed E-state index contributed by atoms with van der Waals surface area (Å²) in [5, 5.41) is 3.13. The fraction of sp³-hybridized carbons (Fsp3) is 0.600. The molecule has 1 aromatic rings. The van der Waals surface area contributed by atoms with Crippen LogP contribution in [0.4, 0.5) is 0 Å². The lowest BCUT2D eigenvalue weighted by Crippen LogP contribution is -2.45. The molecule has 0 bridgehead atoms. The number of carbonyl (C=O) groups excluding carboxylic acids is 2. The monoisotopic (exact) mass is 342 g/mol. The van der Waals surface area contributed by atoms with Gasteiger partial charge >= 0.3 is 0 Å². The number of benzene rings is 1. The van der Waals surface area contributed by atoms with Gasteiger partial charge in [0.15, 0.2) is 0 Å². The van der Waals surface area contributed by atoms with Crippen molar-refractivity contribution < 1.29 is 14.3 Å². The summed E-state index contributed by atoms with van der Waals surface area (Å²) in [5.41, 5.74) is 0.634. The van der Waals surface area contributed by atoms with Crippen LogP contribution in [0.1, 0.15) is 42.5 Å². The van der Waals surface area contributed by atoms with Crippen molar-refractivity contribution >= 4 is 11.8 Å². The van der Waals surface area contributed by atoms with Gasteiger partial charge in [-0.2, -0.15) is 0 Å². The maximum atomic E-state index is 12.9. The van der Waals surface area contributed by atoms with E-state index < -0.39 is 0 Å². The lowest BCUT2D eigenvalue weighted by Gasteiger charge is -2.41. The number of likely N-dealkylation sites (tertiary alicyclic amines) is 1. The van der Waals surface area contributed by atoms with Gasteiger partial charge in [0.2, 0.25) is 5.91 Å². The van der Waals surface area contributed by atoms with Gasteiger partial charge in [-0.3, -0.25) is 9.59 Å². The highest BCUT2D eigenvalue weighted by Crippen LogP contribution is 2.52. The first-order valence-corrected chi connectivity index (χ1v) is 9.32. The standard InChI is InChI=1S/C20H26N2O3/c1-25-16-5-2-4-15(10-16)19(24)22-12-17(20(13-22)8-3-9-20)18(23)21-11-14-6-7-14/h2,4-5,10,14,17H,3,6-9,11-13H2,1H3,(H,21,23). The molecule has 1 aromatic carbocycles. The quantitative estimate of drug-likeness (QED) is 0.894. The largest absolute Gasteiger partial charge is 0.497 e. The number of methoxy groups -OCH3 is 1. The Kier molecular flexibility index (Phi) is 4.18. The van der Waals surface area contributed by atoms with E-state index in [2.05, 4.69) is 5.32 Å². The Morgan fingerprint density at radius 3 is 2.76 bits per heavy atom. The SMILES string of the molecule is COc1cccc(C(=O)N2CC(C(=O)NCC3CC3)C3(CCC3)C2)c1. The van der Waals surface area contributed by atoms with Gasteiger partial charge in [0.05, 0.1) is 13.0 Å². The average Bonchev–Trinajstić information content (AvgIpc) is 3.34. The molecule has 134 valence electrons. The van der Waals surface area contributed by atoms with E-state index in [1.165, 1.54) is 12.8 Å². The average molecular weight is 342 g/mol. The first-order chi connectivity index (χ1) is 12.1. The third-order valence-corrected chi connectivity index (χ3v) is 6.18. The molecule has 5 nitrogen and oxygen atoms in total. The van der Waals surface area contributed by atoms with Crippen LogP contribution in [-0.2, 0) is 4.79 Å². The van der Waals surface area contributed by atoms with Crippen molar-refractivity contribution in [2.75, 3.05) is 26.7 Å². The zero-order valence-electron chi connectivity index (χ0n) is 14.8. The Morgan fingerprint density at radius 1 is 1.32 bits per heavy atom. The van der Waals surface area contributed by atoms with Gasteiger partial charge in [0.25, 0.3) is 5.91 Å². The normalized spacial score (nSPS) is 24.0. The molecule has 4 rings (SSSR count). The molecule has 2 saturated carbocycles. The number of carbonyl (C=O) groups is 2. The predicted octanol–water partition coefficient (Wildman–Crippen LogP) is 2.46. The van der Waals surface area contributed by atoms with Gasteiger partial charge in [-0.15, -0.1) is 0 Å². The Bertz CT molecular complexity index is 679. The number of nitrogens with one attached hydrogen (secondary N) is 1. The molecular weight excluding hydrogens is 316 g/mol. The Labute approximate surface area is 148 Å². The van der Waals surface area contributed by atoms with Crippen LogP contribution >= 0.6 is 0 Å². The van der Waals surface area contributed by atoms with Crippen molar-refractivity contribution in [1.29, 1.82) is 0 Å². The third-order valence-electron chi connectivity index (χ3n) is 6.18. The molecule has 1 N–H and O–H groups in total. The second kappa shape index (κ2) is 6.36. The van der Waals surface area contributed by atoms with Crippen molar-refractivity contribution in [3.63, 3.8) is 0 Å². The van der Waals surface area contributed by atoms with Crippen LogP contribution in [-0.4, -0.2) is 43.5 Å². The highest BCUT2D eigenvalue weighted by atomic mass is 16.5. The van der Waals surface area contributed by atoms with Crippen LogP contribution in [0.2, 0.25) is 0 Å². The van der Waals surface area contributed by atoms with E-state index in [4.69, 9.17) is 4.74 Å². The molecular formula is C20H26N2O3. The minimum absolute atomic E-state index is 0.00214. The molecule has 3 aliphatic rings. The van der Waals surface area contributed by atoms with Gasteiger partial charge in [0.1, 0.15) is 5.75 Å². The zero-order chi connectivity index (χ0) is 17.4. The molecule has 1 aliphatic heterocycles. The summed E-state index contributed by atoms with van der Waals surface area (Å²) in [6.45, 7) is 2.03. The molecule has 1 saturated heterocycles. The summed E-state index contributed by atoms with van der Waals surface area (Å²) < 4.78 is 5.23. The molecule has 5 heteroatoms. The highest BCUT2D eigenvalue weighted by Gasteiger charge is 2.54. The van der Waals surface area contributed by atoms with Crippen LogP contribution in [0.25, 0.3) is 0 Å². The fourth-order valence-corrected chi connectivity index (χ4v) is 4.25. The van der Waals surface area contributed by atoms with Crippen molar-refractivity contribution in [2.24, 2.45) is 17.3 Å². The second-order valence-corrected chi connectivity index (χ2v) is 7.87. The lowest BCUT2D eigenvalue weighted by atomic mass is 9.62. The number of ether oxygens (including phenoxy) is 1. The molecule has 1 atom stereocenters. The van der Waals surface area contributed by atoms with Crippen LogP contribution in [0.3, 0.4) is 0 Å².